The molecule has 0 saturated heterocycles. The number of aliphatic imine (C=N–C) groups is 1. The van der Waals surface area contributed by atoms with Crippen molar-refractivity contribution in [3.63, 3.8) is 0 Å². The van der Waals surface area contributed by atoms with Gasteiger partial charge in [-0.05, 0) is 18.2 Å². The van der Waals surface area contributed by atoms with Crippen LogP contribution < -0.4 is 0 Å². The molecular formula is C15H9Cl2NO2. The Bertz CT molecular complexity index is 706. The van der Waals surface area contributed by atoms with Gasteiger partial charge in [-0.3, -0.25) is 4.99 Å². The fourth-order valence-electron chi connectivity index (χ4n) is 2.03. The van der Waals surface area contributed by atoms with E-state index in [4.69, 9.17) is 27.9 Å². The second-order valence-electron chi connectivity index (χ2n) is 4.28. The maximum absolute atomic E-state index is 11.7. The van der Waals surface area contributed by atoms with Crippen LogP contribution >= 0.6 is 23.2 Å². The lowest BCUT2D eigenvalue weighted by Gasteiger charge is -2.02. The van der Waals surface area contributed by atoms with Gasteiger partial charge < -0.3 is 4.74 Å². The molecular weight excluding hydrogens is 297 g/mol. The van der Waals surface area contributed by atoms with Crippen LogP contribution in [0.5, 0.6) is 0 Å². The highest BCUT2D eigenvalue weighted by Crippen LogP contribution is 2.30. The second kappa shape index (κ2) is 5.27. The molecule has 2 aromatic rings. The van der Waals surface area contributed by atoms with Crippen molar-refractivity contribution in [2.45, 2.75) is 6.61 Å². The van der Waals surface area contributed by atoms with Gasteiger partial charge in [0.25, 0.3) is 0 Å². The third kappa shape index (κ3) is 2.30. The summed E-state index contributed by atoms with van der Waals surface area (Å²) in [5.41, 5.74) is 2.53. The molecule has 5 heteroatoms. The summed E-state index contributed by atoms with van der Waals surface area (Å²) in [7, 11) is 0. The van der Waals surface area contributed by atoms with Gasteiger partial charge in [0, 0.05) is 17.3 Å². The number of carbonyl (C=O) groups is 1. The topological polar surface area (TPSA) is 38.7 Å². The zero-order valence-corrected chi connectivity index (χ0v) is 11.8. The predicted octanol–water partition coefficient (Wildman–Crippen LogP) is 4.41. The molecule has 0 unspecified atom stereocenters. The molecule has 1 aliphatic rings. The quantitative estimate of drug-likeness (QED) is 0.609. The molecule has 100 valence electrons. The van der Waals surface area contributed by atoms with Crippen LogP contribution in [0.15, 0.2) is 41.4 Å². The molecule has 1 heterocycles. The minimum Gasteiger partial charge on any atom is -0.457 e. The van der Waals surface area contributed by atoms with Crippen LogP contribution in [0.25, 0.3) is 0 Å². The number of hydrogen-bond acceptors (Lipinski definition) is 3. The number of cyclic esters (lactones) is 1. The van der Waals surface area contributed by atoms with E-state index in [-0.39, 0.29) is 5.97 Å². The fraction of sp³-hybridized carbons (Fsp3) is 0.0667. The van der Waals surface area contributed by atoms with Gasteiger partial charge in [0.05, 0.1) is 21.3 Å². The summed E-state index contributed by atoms with van der Waals surface area (Å²) in [6.45, 7) is 0.296. The number of rotatable bonds is 2. The van der Waals surface area contributed by atoms with E-state index in [2.05, 4.69) is 4.99 Å². The van der Waals surface area contributed by atoms with Crippen LogP contribution in [0.1, 0.15) is 21.5 Å². The number of halogens is 2. The zero-order valence-electron chi connectivity index (χ0n) is 10.3. The van der Waals surface area contributed by atoms with Crippen LogP contribution in [0.3, 0.4) is 0 Å². The van der Waals surface area contributed by atoms with Crippen molar-refractivity contribution < 1.29 is 9.53 Å². The number of nitrogens with zero attached hydrogens (tertiary/aromatic N) is 1. The standard InChI is InChI=1S/C15H9Cl2NO2/c16-11-4-2-5-12(17)10(11)7-18-13-6-1-3-9-8-20-15(19)14(9)13/h1-7H,8H2. The Labute approximate surface area is 125 Å². The predicted molar refractivity (Wildman–Crippen MR) is 79.3 cm³/mol. The van der Waals surface area contributed by atoms with Gasteiger partial charge in [-0.25, -0.2) is 4.79 Å². The smallest absolute Gasteiger partial charge is 0.341 e. The molecule has 0 radical (unpaired) electrons. The Morgan fingerprint density at radius 3 is 2.55 bits per heavy atom. The van der Waals surface area contributed by atoms with E-state index in [1.807, 2.05) is 12.1 Å². The van der Waals surface area contributed by atoms with Gasteiger partial charge in [-0.2, -0.15) is 0 Å². The molecule has 3 nitrogen and oxygen atoms in total. The second-order valence-corrected chi connectivity index (χ2v) is 5.10. The average molecular weight is 306 g/mol. The molecule has 0 spiro atoms. The summed E-state index contributed by atoms with van der Waals surface area (Å²) >= 11 is 12.1. The molecule has 20 heavy (non-hydrogen) atoms. The van der Waals surface area contributed by atoms with Crippen LogP contribution in [-0.2, 0) is 11.3 Å². The van der Waals surface area contributed by atoms with E-state index < -0.39 is 0 Å². The molecule has 2 aromatic carbocycles. The Morgan fingerprint density at radius 2 is 1.80 bits per heavy atom. The van der Waals surface area contributed by atoms with Crippen molar-refractivity contribution >= 4 is 41.1 Å². The number of ether oxygens (including phenoxy) is 1. The van der Waals surface area contributed by atoms with Crippen LogP contribution in [0, 0.1) is 0 Å². The first kappa shape index (κ1) is 13.2. The van der Waals surface area contributed by atoms with E-state index in [1.165, 1.54) is 0 Å². The normalized spacial score (nSPS) is 13.6. The van der Waals surface area contributed by atoms with E-state index in [9.17, 15) is 4.79 Å². The van der Waals surface area contributed by atoms with Crippen molar-refractivity contribution in [3.8, 4) is 0 Å². The fourth-order valence-corrected chi connectivity index (χ4v) is 2.53. The lowest BCUT2D eigenvalue weighted by atomic mass is 10.1. The van der Waals surface area contributed by atoms with E-state index in [0.717, 1.165) is 5.56 Å². The molecule has 0 amide bonds. The minimum atomic E-state index is -0.349. The van der Waals surface area contributed by atoms with Gasteiger partial charge in [0.15, 0.2) is 0 Å². The van der Waals surface area contributed by atoms with Gasteiger partial charge in [0.1, 0.15) is 6.61 Å². The van der Waals surface area contributed by atoms with Gasteiger partial charge >= 0.3 is 5.97 Å². The summed E-state index contributed by atoms with van der Waals surface area (Å²) < 4.78 is 5.00. The highest BCUT2D eigenvalue weighted by molar-refractivity contribution is 6.38. The first-order valence-electron chi connectivity index (χ1n) is 5.94. The lowest BCUT2D eigenvalue weighted by molar-refractivity contribution is 0.0535. The van der Waals surface area contributed by atoms with Gasteiger partial charge in [0.2, 0.25) is 0 Å². The lowest BCUT2D eigenvalue weighted by Crippen LogP contribution is -1.94. The number of carbonyl (C=O) groups excluding carboxylic acids is 1. The SMILES string of the molecule is O=C1OCc2cccc(N=Cc3c(Cl)cccc3Cl)c21. The first-order valence-corrected chi connectivity index (χ1v) is 6.69. The molecule has 0 aliphatic carbocycles. The Kier molecular flexibility index (Phi) is 3.47. The Balaban J connectivity index is 2.03. The highest BCUT2D eigenvalue weighted by Gasteiger charge is 2.24. The number of hydrogen-bond donors (Lipinski definition) is 0. The molecule has 0 fully saturated rings. The molecule has 1 aliphatic heterocycles. The third-order valence-corrected chi connectivity index (χ3v) is 3.68. The van der Waals surface area contributed by atoms with Crippen LogP contribution in [-0.4, -0.2) is 12.2 Å². The Hall–Kier alpha value is -1.84. The van der Waals surface area contributed by atoms with Crippen molar-refractivity contribution in [2.24, 2.45) is 4.99 Å². The number of fused-ring (bicyclic) bond motifs is 1. The number of esters is 1. The summed E-state index contributed by atoms with van der Waals surface area (Å²) in [4.78, 5) is 16.0. The monoisotopic (exact) mass is 305 g/mol. The van der Waals surface area contributed by atoms with Crippen molar-refractivity contribution in [1.82, 2.24) is 0 Å². The molecule has 0 bridgehead atoms. The van der Waals surface area contributed by atoms with E-state index >= 15 is 0 Å². The summed E-state index contributed by atoms with van der Waals surface area (Å²) in [6, 6.07) is 10.7. The first-order chi connectivity index (χ1) is 9.66. The van der Waals surface area contributed by atoms with Crippen LogP contribution in [0.2, 0.25) is 10.0 Å². The van der Waals surface area contributed by atoms with Gasteiger partial charge in [-0.1, -0.05) is 41.4 Å². The largest absolute Gasteiger partial charge is 0.457 e. The minimum absolute atomic E-state index is 0.296. The molecule has 0 N–H and O–H groups in total. The van der Waals surface area contributed by atoms with Crippen molar-refractivity contribution in [1.29, 1.82) is 0 Å². The van der Waals surface area contributed by atoms with Crippen molar-refractivity contribution in [2.75, 3.05) is 0 Å². The van der Waals surface area contributed by atoms with E-state index in [0.29, 0.717) is 33.5 Å². The maximum Gasteiger partial charge on any atom is 0.341 e. The maximum atomic E-state index is 11.7. The summed E-state index contributed by atoms with van der Waals surface area (Å²) in [5.74, 6) is -0.349. The summed E-state index contributed by atoms with van der Waals surface area (Å²) in [5, 5.41) is 1.02. The Morgan fingerprint density at radius 1 is 1.10 bits per heavy atom. The number of benzene rings is 2. The highest BCUT2D eigenvalue weighted by atomic mass is 35.5. The summed E-state index contributed by atoms with van der Waals surface area (Å²) in [6.07, 6.45) is 1.56. The van der Waals surface area contributed by atoms with E-state index in [1.54, 1.807) is 30.5 Å². The molecule has 0 saturated carbocycles. The van der Waals surface area contributed by atoms with Crippen LogP contribution in [0.4, 0.5) is 5.69 Å². The zero-order chi connectivity index (χ0) is 14.1. The molecule has 3 rings (SSSR count). The molecule has 0 aromatic heterocycles. The average Bonchev–Trinajstić information content (AvgIpc) is 2.81. The van der Waals surface area contributed by atoms with Crippen molar-refractivity contribution in [3.05, 3.63) is 63.1 Å². The third-order valence-electron chi connectivity index (χ3n) is 3.02. The van der Waals surface area contributed by atoms with Gasteiger partial charge in [-0.15, -0.1) is 0 Å². The molecule has 0 atom stereocenters.